The summed E-state index contributed by atoms with van der Waals surface area (Å²) in [5.41, 5.74) is 6.21. The van der Waals surface area contributed by atoms with Gasteiger partial charge >= 0.3 is 0 Å². The fraction of sp³-hybridized carbons (Fsp3) is 0.692. The molecular formula is C13H22N8. The van der Waals surface area contributed by atoms with Crippen LogP contribution in [0.2, 0.25) is 0 Å². The fourth-order valence-electron chi connectivity index (χ4n) is 2.74. The topological polar surface area (TPSA) is 88.5 Å². The van der Waals surface area contributed by atoms with Crippen molar-refractivity contribution in [2.24, 2.45) is 5.73 Å². The van der Waals surface area contributed by atoms with Crippen molar-refractivity contribution in [3.8, 4) is 0 Å². The Balaban J connectivity index is 1.55. The monoisotopic (exact) mass is 290 g/mol. The number of aromatic nitrogens is 5. The second-order valence-electron chi connectivity index (χ2n) is 5.39. The predicted molar refractivity (Wildman–Crippen MR) is 80.1 cm³/mol. The van der Waals surface area contributed by atoms with Crippen LogP contribution >= 0.6 is 0 Å². The molecule has 0 amide bonds. The van der Waals surface area contributed by atoms with Gasteiger partial charge in [0, 0.05) is 26.2 Å². The van der Waals surface area contributed by atoms with Gasteiger partial charge in [-0.3, -0.25) is 9.88 Å². The number of nitrogens with two attached hydrogens (primary N) is 1. The van der Waals surface area contributed by atoms with E-state index in [2.05, 4.69) is 30.3 Å². The summed E-state index contributed by atoms with van der Waals surface area (Å²) >= 11 is 0. The Bertz CT molecular complexity index is 560. The van der Waals surface area contributed by atoms with Crippen LogP contribution in [0.4, 0.5) is 5.82 Å². The largest absolute Gasteiger partial charge is 0.353 e. The molecule has 0 spiro atoms. The Morgan fingerprint density at radius 3 is 2.71 bits per heavy atom. The zero-order chi connectivity index (χ0) is 14.5. The second kappa shape index (κ2) is 6.77. The SMILES string of the molecule is NCCCCCN1CCN(c2cncc3nnnn23)CC1. The zero-order valence-corrected chi connectivity index (χ0v) is 12.2. The number of unbranched alkanes of at least 4 members (excludes halogenated alkanes) is 2. The van der Waals surface area contributed by atoms with Crippen LogP contribution in [0.1, 0.15) is 19.3 Å². The van der Waals surface area contributed by atoms with Crippen LogP contribution in [0.3, 0.4) is 0 Å². The molecule has 3 rings (SSSR count). The minimum absolute atomic E-state index is 0.691. The number of rotatable bonds is 6. The smallest absolute Gasteiger partial charge is 0.199 e. The van der Waals surface area contributed by atoms with Crippen molar-refractivity contribution in [3.63, 3.8) is 0 Å². The summed E-state index contributed by atoms with van der Waals surface area (Å²) in [4.78, 5) is 9.03. The summed E-state index contributed by atoms with van der Waals surface area (Å²) in [5.74, 6) is 0.972. The van der Waals surface area contributed by atoms with E-state index in [4.69, 9.17) is 5.73 Å². The molecule has 1 saturated heterocycles. The number of hydrogen-bond acceptors (Lipinski definition) is 7. The second-order valence-corrected chi connectivity index (χ2v) is 5.39. The van der Waals surface area contributed by atoms with Gasteiger partial charge in [-0.15, -0.1) is 5.10 Å². The summed E-state index contributed by atoms with van der Waals surface area (Å²) in [6, 6.07) is 0. The highest BCUT2D eigenvalue weighted by atomic mass is 15.5. The number of hydrogen-bond donors (Lipinski definition) is 1. The van der Waals surface area contributed by atoms with Gasteiger partial charge in [-0.25, -0.2) is 0 Å². The van der Waals surface area contributed by atoms with Gasteiger partial charge in [-0.1, -0.05) is 6.42 Å². The molecule has 114 valence electrons. The van der Waals surface area contributed by atoms with Crippen molar-refractivity contribution >= 4 is 11.5 Å². The highest BCUT2D eigenvalue weighted by molar-refractivity contribution is 5.46. The lowest BCUT2D eigenvalue weighted by molar-refractivity contribution is 0.251. The highest BCUT2D eigenvalue weighted by Gasteiger charge is 2.19. The molecule has 3 heterocycles. The molecule has 0 bridgehead atoms. The van der Waals surface area contributed by atoms with Crippen LogP contribution in [0.5, 0.6) is 0 Å². The lowest BCUT2D eigenvalue weighted by Gasteiger charge is -2.35. The van der Waals surface area contributed by atoms with Gasteiger partial charge in [0.1, 0.15) is 0 Å². The molecule has 2 N–H and O–H groups in total. The summed E-state index contributed by atoms with van der Waals surface area (Å²) in [6.07, 6.45) is 7.11. The van der Waals surface area contributed by atoms with Crippen LogP contribution in [0.25, 0.3) is 5.65 Å². The molecule has 1 aliphatic heterocycles. The standard InChI is InChI=1S/C13H22N8/c14-4-2-1-3-5-19-6-8-20(9-7-19)13-11-15-10-12-16-17-18-21(12)13/h10-11H,1-9,14H2. The fourth-order valence-corrected chi connectivity index (χ4v) is 2.74. The summed E-state index contributed by atoms with van der Waals surface area (Å²) in [6.45, 7) is 6.08. The first-order chi connectivity index (χ1) is 10.4. The number of tetrazole rings is 1. The van der Waals surface area contributed by atoms with Gasteiger partial charge in [0.25, 0.3) is 0 Å². The Kier molecular flexibility index (Phi) is 4.56. The molecule has 2 aromatic heterocycles. The number of anilines is 1. The number of nitrogens with zero attached hydrogens (tertiary/aromatic N) is 7. The van der Waals surface area contributed by atoms with Crippen LogP contribution in [0, 0.1) is 0 Å². The third kappa shape index (κ3) is 3.27. The van der Waals surface area contributed by atoms with Gasteiger partial charge in [-0.05, 0) is 36.4 Å². The molecule has 8 nitrogen and oxygen atoms in total. The van der Waals surface area contributed by atoms with Crippen molar-refractivity contribution < 1.29 is 0 Å². The molecule has 0 aromatic carbocycles. The third-order valence-electron chi connectivity index (χ3n) is 3.97. The maximum Gasteiger partial charge on any atom is 0.199 e. The number of piperazine rings is 1. The van der Waals surface area contributed by atoms with Gasteiger partial charge in [0.2, 0.25) is 0 Å². The minimum atomic E-state index is 0.691. The van der Waals surface area contributed by atoms with Crippen LogP contribution < -0.4 is 10.6 Å². The first-order valence-electron chi connectivity index (χ1n) is 7.58. The Morgan fingerprint density at radius 1 is 1.05 bits per heavy atom. The van der Waals surface area contributed by atoms with E-state index in [1.807, 2.05) is 6.20 Å². The third-order valence-corrected chi connectivity index (χ3v) is 3.97. The van der Waals surface area contributed by atoms with E-state index in [0.717, 1.165) is 45.0 Å². The van der Waals surface area contributed by atoms with Crippen LogP contribution in [0.15, 0.2) is 12.4 Å². The summed E-state index contributed by atoms with van der Waals surface area (Å²) < 4.78 is 1.75. The highest BCUT2D eigenvalue weighted by Crippen LogP contribution is 2.15. The molecule has 0 radical (unpaired) electrons. The molecule has 8 heteroatoms. The quantitative estimate of drug-likeness (QED) is 0.735. The normalized spacial score (nSPS) is 16.7. The predicted octanol–water partition coefficient (Wildman–Crippen LogP) is -0.230. The van der Waals surface area contributed by atoms with Crippen molar-refractivity contribution in [2.75, 3.05) is 44.2 Å². The van der Waals surface area contributed by atoms with Crippen molar-refractivity contribution in [1.82, 2.24) is 29.9 Å². The summed E-state index contributed by atoms with van der Waals surface area (Å²) in [7, 11) is 0. The van der Waals surface area contributed by atoms with Crippen molar-refractivity contribution in [1.29, 1.82) is 0 Å². The molecule has 2 aromatic rings. The maximum absolute atomic E-state index is 5.52. The van der Waals surface area contributed by atoms with E-state index >= 15 is 0 Å². The molecule has 0 aliphatic carbocycles. The molecule has 0 atom stereocenters. The first-order valence-corrected chi connectivity index (χ1v) is 7.58. The summed E-state index contributed by atoms with van der Waals surface area (Å²) in [5, 5.41) is 11.7. The molecular weight excluding hydrogens is 268 g/mol. The van der Waals surface area contributed by atoms with Gasteiger partial charge in [0.05, 0.1) is 12.4 Å². The van der Waals surface area contributed by atoms with Crippen LogP contribution in [-0.4, -0.2) is 69.2 Å². The van der Waals surface area contributed by atoms with E-state index in [0.29, 0.717) is 5.65 Å². The molecule has 1 fully saturated rings. The van der Waals surface area contributed by atoms with Crippen LogP contribution in [-0.2, 0) is 0 Å². The zero-order valence-electron chi connectivity index (χ0n) is 12.2. The Hall–Kier alpha value is -1.80. The lowest BCUT2D eigenvalue weighted by Crippen LogP contribution is -2.47. The minimum Gasteiger partial charge on any atom is -0.353 e. The average Bonchev–Trinajstić information content (AvgIpc) is 3.01. The van der Waals surface area contributed by atoms with E-state index in [-0.39, 0.29) is 0 Å². The molecule has 0 saturated carbocycles. The Morgan fingerprint density at radius 2 is 1.90 bits per heavy atom. The van der Waals surface area contributed by atoms with Crippen molar-refractivity contribution in [2.45, 2.75) is 19.3 Å². The van der Waals surface area contributed by atoms with E-state index in [1.165, 1.54) is 19.4 Å². The average molecular weight is 290 g/mol. The van der Waals surface area contributed by atoms with Gasteiger partial charge < -0.3 is 10.6 Å². The first kappa shape index (κ1) is 14.2. The van der Waals surface area contributed by atoms with Gasteiger partial charge in [-0.2, -0.15) is 4.52 Å². The molecule has 1 aliphatic rings. The molecule has 0 unspecified atom stereocenters. The Labute approximate surface area is 123 Å². The van der Waals surface area contributed by atoms with E-state index in [1.54, 1.807) is 10.7 Å². The van der Waals surface area contributed by atoms with E-state index < -0.39 is 0 Å². The van der Waals surface area contributed by atoms with E-state index in [9.17, 15) is 0 Å². The van der Waals surface area contributed by atoms with Crippen molar-refractivity contribution in [3.05, 3.63) is 12.4 Å². The maximum atomic E-state index is 5.52. The molecule has 21 heavy (non-hydrogen) atoms. The lowest BCUT2D eigenvalue weighted by atomic mass is 10.2. The van der Waals surface area contributed by atoms with Gasteiger partial charge in [0.15, 0.2) is 11.5 Å². The number of fused-ring (bicyclic) bond motifs is 1.